The van der Waals surface area contributed by atoms with Crippen LogP contribution in [0.5, 0.6) is 0 Å². The van der Waals surface area contributed by atoms with E-state index >= 15 is 0 Å². The van der Waals surface area contributed by atoms with Gasteiger partial charge in [0.05, 0.1) is 4.90 Å². The van der Waals surface area contributed by atoms with Crippen LogP contribution in [0, 0.1) is 0 Å². The summed E-state index contributed by atoms with van der Waals surface area (Å²) in [5, 5.41) is 4.98. The Bertz CT molecular complexity index is 656. The lowest BCUT2D eigenvalue weighted by Crippen LogP contribution is -2.53. The summed E-state index contributed by atoms with van der Waals surface area (Å²) >= 11 is 0. The first-order valence-electron chi connectivity index (χ1n) is 6.70. The van der Waals surface area contributed by atoms with Gasteiger partial charge in [-0.1, -0.05) is 19.1 Å². The van der Waals surface area contributed by atoms with Crippen molar-refractivity contribution in [3.05, 3.63) is 29.8 Å². The molecule has 7 nitrogen and oxygen atoms in total. The largest absolute Gasteiger partial charge is 0.459 e. The molecule has 23 heavy (non-hydrogen) atoms. The van der Waals surface area contributed by atoms with E-state index in [2.05, 4.69) is 0 Å². The SMILES string of the molecule is CCCC(=O)[C@@](C)(N)C(=O)OCc1ccc(S(N)(=O)=O)cc1.Cl. The molecule has 0 spiro atoms. The maximum absolute atomic E-state index is 11.9. The molecule has 1 rings (SSSR count). The molecule has 0 aliphatic rings. The van der Waals surface area contributed by atoms with Crippen LogP contribution in [-0.2, 0) is 31.0 Å². The van der Waals surface area contributed by atoms with Crippen LogP contribution in [0.3, 0.4) is 0 Å². The Labute approximate surface area is 141 Å². The zero-order valence-electron chi connectivity index (χ0n) is 12.9. The molecule has 0 saturated carbocycles. The maximum atomic E-state index is 11.9. The van der Waals surface area contributed by atoms with Crippen LogP contribution in [0.15, 0.2) is 29.2 Å². The van der Waals surface area contributed by atoms with Crippen molar-refractivity contribution in [2.45, 2.75) is 43.7 Å². The van der Waals surface area contributed by atoms with E-state index in [4.69, 9.17) is 15.6 Å². The number of carbonyl (C=O) groups excluding carboxylic acids is 2. The summed E-state index contributed by atoms with van der Waals surface area (Å²) in [6.07, 6.45) is 0.791. The van der Waals surface area contributed by atoms with Gasteiger partial charge >= 0.3 is 5.97 Å². The molecule has 0 aromatic heterocycles. The van der Waals surface area contributed by atoms with Gasteiger partial charge < -0.3 is 10.5 Å². The number of halogens is 1. The van der Waals surface area contributed by atoms with Crippen molar-refractivity contribution in [2.24, 2.45) is 10.9 Å². The second-order valence-corrected chi connectivity index (χ2v) is 6.70. The molecule has 0 radical (unpaired) electrons. The molecule has 0 unspecified atom stereocenters. The number of ketones is 1. The number of sulfonamides is 1. The van der Waals surface area contributed by atoms with Gasteiger partial charge in [0.25, 0.3) is 0 Å². The number of esters is 1. The van der Waals surface area contributed by atoms with Gasteiger partial charge in [-0.2, -0.15) is 0 Å². The van der Waals surface area contributed by atoms with E-state index in [0.717, 1.165) is 0 Å². The van der Waals surface area contributed by atoms with Gasteiger partial charge in [0.15, 0.2) is 11.3 Å². The lowest BCUT2D eigenvalue weighted by molar-refractivity contribution is -0.154. The highest BCUT2D eigenvalue weighted by atomic mass is 35.5. The monoisotopic (exact) mass is 364 g/mol. The molecular formula is C14H21ClN2O5S. The van der Waals surface area contributed by atoms with Gasteiger partial charge in [-0.15, -0.1) is 12.4 Å². The third-order valence-corrected chi connectivity index (χ3v) is 4.03. The zero-order valence-corrected chi connectivity index (χ0v) is 14.6. The van der Waals surface area contributed by atoms with Crippen molar-refractivity contribution in [3.8, 4) is 0 Å². The number of primary sulfonamides is 1. The van der Waals surface area contributed by atoms with Crippen molar-refractivity contribution in [3.63, 3.8) is 0 Å². The van der Waals surface area contributed by atoms with Gasteiger partial charge in [-0.05, 0) is 31.0 Å². The highest BCUT2D eigenvalue weighted by Crippen LogP contribution is 2.13. The molecule has 0 heterocycles. The Kier molecular flexibility index (Phi) is 7.85. The Hall–Kier alpha value is -1.48. The van der Waals surface area contributed by atoms with Crippen LogP contribution in [0.2, 0.25) is 0 Å². The highest BCUT2D eigenvalue weighted by Gasteiger charge is 2.37. The smallest absolute Gasteiger partial charge is 0.333 e. The van der Waals surface area contributed by atoms with Gasteiger partial charge in [0.1, 0.15) is 6.61 Å². The van der Waals surface area contributed by atoms with E-state index in [-0.39, 0.29) is 36.1 Å². The molecule has 0 aliphatic heterocycles. The summed E-state index contributed by atoms with van der Waals surface area (Å²) in [6, 6.07) is 5.55. The molecule has 1 aromatic carbocycles. The summed E-state index contributed by atoms with van der Waals surface area (Å²) < 4.78 is 27.3. The summed E-state index contributed by atoms with van der Waals surface area (Å²) in [5.74, 6) is -1.20. The third-order valence-electron chi connectivity index (χ3n) is 3.10. The van der Waals surface area contributed by atoms with Crippen LogP contribution < -0.4 is 10.9 Å². The van der Waals surface area contributed by atoms with Gasteiger partial charge in [0.2, 0.25) is 10.0 Å². The van der Waals surface area contributed by atoms with Crippen molar-refractivity contribution in [1.29, 1.82) is 0 Å². The number of Topliss-reactive ketones (excluding diaryl/α,β-unsaturated/α-hetero) is 1. The first-order valence-corrected chi connectivity index (χ1v) is 8.24. The van der Waals surface area contributed by atoms with Crippen LogP contribution in [0.1, 0.15) is 32.3 Å². The van der Waals surface area contributed by atoms with E-state index in [9.17, 15) is 18.0 Å². The Morgan fingerprint density at radius 2 is 1.74 bits per heavy atom. The van der Waals surface area contributed by atoms with Crippen LogP contribution in [0.25, 0.3) is 0 Å². The van der Waals surface area contributed by atoms with Crippen molar-refractivity contribution < 1.29 is 22.7 Å². The standard InChI is InChI=1S/C14H20N2O5S.ClH/c1-3-4-12(17)14(2,15)13(18)21-9-10-5-7-11(8-6-10)22(16,19)20;/h5-8H,3-4,9,15H2,1-2H3,(H2,16,19,20);1H/t14-;/m1./s1. The average Bonchev–Trinajstić information content (AvgIpc) is 2.44. The summed E-state index contributed by atoms with van der Waals surface area (Å²) in [5.41, 5.74) is 4.59. The lowest BCUT2D eigenvalue weighted by Gasteiger charge is -2.20. The quantitative estimate of drug-likeness (QED) is 0.545. The minimum Gasteiger partial charge on any atom is -0.459 e. The fourth-order valence-electron chi connectivity index (χ4n) is 1.67. The molecule has 9 heteroatoms. The number of ether oxygens (including phenoxy) is 1. The predicted molar refractivity (Wildman–Crippen MR) is 87.4 cm³/mol. The number of benzene rings is 1. The summed E-state index contributed by atoms with van der Waals surface area (Å²) in [6.45, 7) is 3.01. The maximum Gasteiger partial charge on any atom is 0.333 e. The van der Waals surface area contributed by atoms with Gasteiger partial charge in [0, 0.05) is 6.42 Å². The first-order chi connectivity index (χ1) is 10.1. The number of rotatable bonds is 7. The summed E-state index contributed by atoms with van der Waals surface area (Å²) in [4.78, 5) is 23.6. The van der Waals surface area contributed by atoms with E-state index in [0.29, 0.717) is 12.0 Å². The number of hydrogen-bond donors (Lipinski definition) is 2. The van der Waals surface area contributed by atoms with E-state index in [1.807, 2.05) is 6.92 Å². The normalized spacial score (nSPS) is 13.6. The fraction of sp³-hybridized carbons (Fsp3) is 0.429. The minimum absolute atomic E-state index is 0. The molecule has 1 atom stereocenters. The molecule has 0 aliphatic carbocycles. The fourth-order valence-corrected chi connectivity index (χ4v) is 2.19. The topological polar surface area (TPSA) is 130 Å². The number of hydrogen-bond acceptors (Lipinski definition) is 6. The summed E-state index contributed by atoms with van der Waals surface area (Å²) in [7, 11) is -3.76. The minimum atomic E-state index is -3.76. The first kappa shape index (κ1) is 21.5. The Balaban J connectivity index is 0.00000484. The number of carbonyl (C=O) groups is 2. The Morgan fingerprint density at radius 3 is 2.17 bits per heavy atom. The molecule has 0 amide bonds. The molecule has 130 valence electrons. The van der Waals surface area contributed by atoms with E-state index < -0.39 is 21.5 Å². The molecule has 4 N–H and O–H groups in total. The van der Waals surface area contributed by atoms with Crippen LogP contribution in [0.4, 0.5) is 0 Å². The zero-order chi connectivity index (χ0) is 17.0. The second kappa shape index (κ2) is 8.39. The van der Waals surface area contributed by atoms with Gasteiger partial charge in [-0.3, -0.25) is 4.79 Å². The number of nitrogens with two attached hydrogens (primary N) is 2. The van der Waals surface area contributed by atoms with Crippen LogP contribution in [-0.4, -0.2) is 25.7 Å². The van der Waals surface area contributed by atoms with Crippen molar-refractivity contribution in [1.82, 2.24) is 0 Å². The van der Waals surface area contributed by atoms with Gasteiger partial charge in [-0.25, -0.2) is 18.4 Å². The molecule has 1 aromatic rings. The predicted octanol–water partition coefficient (Wildman–Crippen LogP) is 0.886. The van der Waals surface area contributed by atoms with E-state index in [1.165, 1.54) is 31.2 Å². The van der Waals surface area contributed by atoms with Crippen molar-refractivity contribution in [2.75, 3.05) is 0 Å². The lowest BCUT2D eigenvalue weighted by atomic mass is 9.95. The molecule has 0 saturated heterocycles. The second-order valence-electron chi connectivity index (χ2n) is 5.14. The third kappa shape index (κ3) is 5.91. The molecule has 0 fully saturated rings. The van der Waals surface area contributed by atoms with Crippen molar-refractivity contribution >= 4 is 34.2 Å². The average molecular weight is 365 g/mol. The van der Waals surface area contributed by atoms with Crippen LogP contribution >= 0.6 is 12.4 Å². The highest BCUT2D eigenvalue weighted by molar-refractivity contribution is 7.89. The van der Waals surface area contributed by atoms with E-state index in [1.54, 1.807) is 0 Å². The Morgan fingerprint density at radius 1 is 1.22 bits per heavy atom. The molecule has 0 bridgehead atoms. The molecular weight excluding hydrogens is 344 g/mol.